The zero-order chi connectivity index (χ0) is 78.7. The molecule has 0 radical (unpaired) electrons. The molecule has 56 nitrogen and oxygen atoms in total. The van der Waals surface area contributed by atoms with Crippen LogP contribution in [0.5, 0.6) is 0 Å². The van der Waals surface area contributed by atoms with Crippen molar-refractivity contribution >= 4 is 124 Å². The van der Waals surface area contributed by atoms with Crippen molar-refractivity contribution in [3.05, 3.63) is 63.3 Å². The van der Waals surface area contributed by atoms with E-state index >= 15 is 0 Å². The Morgan fingerprint density at radius 2 is 0.505 bits per heavy atom. The van der Waals surface area contributed by atoms with E-state index in [4.69, 9.17) is 88.5 Å². The third-order valence-electron chi connectivity index (χ3n) is 17.9. The number of aliphatic hydroxyl groups excluding tert-OH is 6. The average Bonchev–Trinajstić information content (AvgIpc) is 1.63. The highest BCUT2D eigenvalue weighted by Gasteiger charge is 2.57. The van der Waals surface area contributed by atoms with E-state index in [1.165, 1.54) is 10.9 Å². The molecule has 0 saturated carbocycles. The van der Waals surface area contributed by atoms with E-state index in [9.17, 15) is 82.8 Å². The second kappa shape index (κ2) is 30.0. The first-order chi connectivity index (χ1) is 52.6. The van der Waals surface area contributed by atoms with Gasteiger partial charge in [0.15, 0.2) is 88.5 Å². The maximum absolute atomic E-state index is 14.3. The number of imidazole rings is 5. The highest BCUT2D eigenvalue weighted by Crippen LogP contribution is 2.56. The number of rotatable bonds is 28. The largest absolute Gasteiger partial charge is 0.472 e. The van der Waals surface area contributed by atoms with Crippen LogP contribution in [-0.2, 0) is 87.2 Å². The first-order valence-electron chi connectivity index (χ1n) is 32.0. The molecule has 10 aromatic heterocycles. The monoisotopic (exact) mass is 1660 g/mol. The second-order valence-electron chi connectivity index (χ2n) is 24.8. The van der Waals surface area contributed by atoms with Crippen LogP contribution in [0.2, 0.25) is 0 Å². The van der Waals surface area contributed by atoms with Crippen LogP contribution in [0.3, 0.4) is 0 Å². The molecular formula is C50H62N25O31P5. The number of aromatic nitrogens is 20. The summed E-state index contributed by atoms with van der Waals surface area (Å²) in [6.07, 6.45) is -27.3. The normalized spacial score (nSPS) is 31.5. The number of phosphoric acid groups is 5. The molecule has 61 heteroatoms. The van der Waals surface area contributed by atoms with Crippen LogP contribution in [0, 0.1) is 0 Å². The lowest BCUT2D eigenvalue weighted by atomic mass is 10.1. The number of nitrogen functional groups attached to an aromatic ring is 5. The summed E-state index contributed by atoms with van der Waals surface area (Å²) in [5, 5.41) is 69.3. The molecule has 5 aliphatic rings. The lowest BCUT2D eigenvalue weighted by molar-refractivity contribution is -0.0662. The Morgan fingerprint density at radius 3 is 0.739 bits per heavy atom. The SMILES string of the molecule is Nc1ncnc2c1ncn2C1O[C@H](COP(=O)(O)O[C@H]2C(n3cnc4c(N)ncnc43)O[C@H](COP(=O)(O)O[C@H]3C(n4cnc5c(N)ncnc54)O[C@H](COP(=O)(O)O[C@H]4C(n5cnc6c(N)ncnc65)O[C@H](COP(=O)(O)O[C@H]5C(n6cnc7c(N)ncnc76)O[C@H](COP(=O)(O)O)[C@H]5O)[C@H]4O)[C@H]3O)[C@H]2O)[C@@H](O)[C@H]1O. The Balaban J connectivity index is 0.636. The molecule has 598 valence electrons. The molecule has 0 spiro atoms. The van der Waals surface area contributed by atoms with Crippen LogP contribution in [0.25, 0.3) is 55.8 Å². The molecule has 22 N–H and O–H groups in total. The highest BCUT2D eigenvalue weighted by atomic mass is 31.2. The van der Waals surface area contributed by atoms with Crippen molar-refractivity contribution in [3.8, 4) is 0 Å². The molecule has 111 heavy (non-hydrogen) atoms. The van der Waals surface area contributed by atoms with Crippen molar-refractivity contribution < 1.29 is 147 Å². The summed E-state index contributed by atoms with van der Waals surface area (Å²) in [7, 11) is -27.8. The summed E-state index contributed by atoms with van der Waals surface area (Å²) < 4.78 is 151. The number of ether oxygens (including phenoxy) is 5. The fourth-order valence-corrected chi connectivity index (χ4v) is 16.8. The Morgan fingerprint density at radius 1 is 0.297 bits per heavy atom. The number of fused-ring (bicyclic) bond motifs is 5. The summed E-state index contributed by atoms with van der Waals surface area (Å²) in [5.74, 6) is -0.669. The van der Waals surface area contributed by atoms with Crippen LogP contribution in [0.15, 0.2) is 63.3 Å². The third-order valence-corrected chi connectivity index (χ3v) is 22.4. The van der Waals surface area contributed by atoms with Crippen LogP contribution >= 0.6 is 39.1 Å². The maximum atomic E-state index is 14.3. The van der Waals surface area contributed by atoms with Gasteiger partial charge < -0.3 is 112 Å². The van der Waals surface area contributed by atoms with Gasteiger partial charge in [-0.25, -0.2) is 97.6 Å². The van der Waals surface area contributed by atoms with E-state index in [1.54, 1.807) is 0 Å². The van der Waals surface area contributed by atoms with E-state index in [0.29, 0.717) is 0 Å². The van der Waals surface area contributed by atoms with E-state index in [1.807, 2.05) is 0 Å². The Labute approximate surface area is 614 Å². The van der Waals surface area contributed by atoms with Crippen LogP contribution in [0.1, 0.15) is 31.1 Å². The summed E-state index contributed by atoms with van der Waals surface area (Å²) in [6.45, 7) is -5.53. The number of hydrogen-bond donors (Lipinski definition) is 17. The number of anilines is 5. The topological polar surface area (TPSA) is 805 Å². The van der Waals surface area contributed by atoms with E-state index in [0.717, 1.165) is 75.2 Å². The number of aliphatic hydroxyl groups is 6. The first-order valence-corrected chi connectivity index (χ1v) is 39.5. The smallest absolute Gasteiger partial charge is 0.387 e. The molecule has 24 atom stereocenters. The summed E-state index contributed by atoms with van der Waals surface area (Å²) >= 11 is 0. The van der Waals surface area contributed by atoms with Crippen molar-refractivity contribution in [1.29, 1.82) is 0 Å². The fourth-order valence-electron chi connectivity index (χ4n) is 12.7. The van der Waals surface area contributed by atoms with E-state index in [2.05, 4.69) is 79.3 Å². The minimum absolute atomic E-state index is 0.0106. The lowest BCUT2D eigenvalue weighted by Gasteiger charge is -2.25. The lowest BCUT2D eigenvalue weighted by Crippen LogP contribution is -2.37. The van der Waals surface area contributed by atoms with Gasteiger partial charge in [-0.3, -0.25) is 63.5 Å². The van der Waals surface area contributed by atoms with Gasteiger partial charge in [0, 0.05) is 0 Å². The second-order valence-corrected chi connectivity index (χ2v) is 31.7. The van der Waals surface area contributed by atoms with E-state index in [-0.39, 0.29) is 84.9 Å². The molecule has 15 heterocycles. The molecule has 5 fully saturated rings. The first kappa shape index (κ1) is 78.1. The standard InChI is InChI=1S/C50H62N25O31P5/c51-36-21-41(61-6-56-36)71(11-66-21)46-31(81)26(76)16(98-46)2-94-108(85,86)104-33-28(78)18(100-48(33)73-13-68-23-38(53)58-8-63-43(23)73)4-96-110(89,90)106-35-30(80)20(102-50(35)75-15-70-25-40(55)60-10-65-45(25)75)5-97-111(91,92)105-34-29(79)19(101-49(34)74-14-69-24-39(54)59-9-64-44(24)74)3-95-109(87,88)103-32-27(77)17(1-93-107(82,83)84)99-47(32)72-12-67-22-37(52)57-7-62-42(22)72/h6-20,26-35,46-50,76-81H,1-5H2,(H,85,86)(H,87,88)(H,89,90)(H,91,92)(H2,51,56,61)(H2,52,57,62)(H2,53,58,63)(H2,54,59,64)(H2,55,60,65)(H2,82,83,84)/t16-,17-,18-,19-,20-,26-,27-,28-,29-,30-,31-,32-,33-,34-,35-,46?,47?,48?,49?,50?/m1/s1. The van der Waals surface area contributed by atoms with Gasteiger partial charge >= 0.3 is 39.1 Å². The molecule has 5 aliphatic heterocycles. The van der Waals surface area contributed by atoms with Gasteiger partial charge in [0.1, 0.15) is 151 Å². The zero-order valence-corrected chi connectivity index (χ0v) is 60.0. The Bertz CT molecular complexity index is 5400. The number of phosphoric ester groups is 5. The fraction of sp³-hybridized carbons (Fsp3) is 0.500. The zero-order valence-electron chi connectivity index (χ0n) is 55.5. The van der Waals surface area contributed by atoms with E-state index < -0.39 is 195 Å². The summed E-state index contributed by atoms with van der Waals surface area (Å²) in [6, 6.07) is 0. The quantitative estimate of drug-likeness (QED) is 0.0204. The molecule has 10 aromatic rings. The van der Waals surface area contributed by atoms with Gasteiger partial charge in [-0.2, -0.15) is 0 Å². The van der Waals surface area contributed by atoms with Crippen molar-refractivity contribution in [2.45, 2.75) is 123 Å². The molecule has 0 aliphatic carbocycles. The van der Waals surface area contributed by atoms with Gasteiger partial charge in [0.25, 0.3) is 0 Å². The van der Waals surface area contributed by atoms with Crippen LogP contribution in [0.4, 0.5) is 29.1 Å². The number of hydrogen-bond acceptors (Lipinski definition) is 45. The highest BCUT2D eigenvalue weighted by molar-refractivity contribution is 7.48. The van der Waals surface area contributed by atoms with Crippen molar-refractivity contribution in [1.82, 2.24) is 97.6 Å². The van der Waals surface area contributed by atoms with Gasteiger partial charge in [-0.1, -0.05) is 0 Å². The summed E-state index contributed by atoms with van der Waals surface area (Å²) in [5.41, 5.74) is 29.6. The molecule has 0 bridgehead atoms. The molecule has 0 amide bonds. The van der Waals surface area contributed by atoms with Crippen LogP contribution in [-0.4, -0.2) is 282 Å². The van der Waals surface area contributed by atoms with Gasteiger partial charge in [0.2, 0.25) is 0 Å². The molecule has 5 saturated heterocycles. The molecular weight excluding hydrogens is 1600 g/mol. The Kier molecular flexibility index (Phi) is 21.1. The maximum Gasteiger partial charge on any atom is 0.472 e. The minimum atomic E-state index is -5.74. The van der Waals surface area contributed by atoms with Crippen LogP contribution < -0.4 is 28.7 Å². The third kappa shape index (κ3) is 15.4. The molecule has 15 rings (SSSR count). The van der Waals surface area contributed by atoms with Gasteiger partial charge in [-0.05, 0) is 0 Å². The summed E-state index contributed by atoms with van der Waals surface area (Å²) in [4.78, 5) is 125. The minimum Gasteiger partial charge on any atom is -0.387 e. The predicted octanol–water partition coefficient (Wildman–Crippen LogP) is -5.13. The molecule has 9 unspecified atom stereocenters. The number of nitrogens with two attached hydrogens (primary N) is 5. The van der Waals surface area contributed by atoms with Gasteiger partial charge in [0.05, 0.1) is 64.7 Å². The molecule has 0 aromatic carbocycles. The van der Waals surface area contributed by atoms with Crippen molar-refractivity contribution in [3.63, 3.8) is 0 Å². The van der Waals surface area contributed by atoms with Crippen molar-refractivity contribution in [2.75, 3.05) is 61.7 Å². The van der Waals surface area contributed by atoms with Crippen molar-refractivity contribution in [2.24, 2.45) is 0 Å². The predicted molar refractivity (Wildman–Crippen MR) is 355 cm³/mol. The Hall–Kier alpha value is -8.14. The average molecular weight is 1660 g/mol. The number of nitrogens with zero attached hydrogens (tertiary/aromatic N) is 20. The van der Waals surface area contributed by atoms with Gasteiger partial charge in [-0.15, -0.1) is 0 Å².